The first-order valence-corrected chi connectivity index (χ1v) is 5.31. The standard InChI is InChI=1S/C10H13BN2O3/c14-10-3-1-2-6-13(10)9-7-8(11(15)16)4-5-12-9/h4-5,7,15-16H,1-3,6H2. The van der Waals surface area contributed by atoms with Gasteiger partial charge < -0.3 is 10.0 Å². The van der Waals surface area contributed by atoms with Crippen LogP contribution < -0.4 is 10.4 Å². The van der Waals surface area contributed by atoms with Crippen LogP contribution in [-0.4, -0.2) is 34.6 Å². The fourth-order valence-corrected chi connectivity index (χ4v) is 1.79. The van der Waals surface area contributed by atoms with Crippen LogP contribution >= 0.6 is 0 Å². The molecule has 1 aromatic rings. The normalized spacial score (nSPS) is 16.4. The number of carbonyl (C=O) groups is 1. The first-order valence-electron chi connectivity index (χ1n) is 5.31. The summed E-state index contributed by atoms with van der Waals surface area (Å²) in [5, 5.41) is 18.1. The largest absolute Gasteiger partial charge is 0.488 e. The van der Waals surface area contributed by atoms with Gasteiger partial charge in [-0.05, 0) is 30.4 Å². The number of aromatic nitrogens is 1. The summed E-state index contributed by atoms with van der Waals surface area (Å²) in [4.78, 5) is 17.3. The Bertz CT molecular complexity index is 397. The van der Waals surface area contributed by atoms with Gasteiger partial charge in [0.2, 0.25) is 5.91 Å². The van der Waals surface area contributed by atoms with Crippen LogP contribution in [0.2, 0.25) is 0 Å². The molecule has 1 fully saturated rings. The number of carbonyl (C=O) groups excluding carboxylic acids is 1. The molecule has 5 nitrogen and oxygen atoms in total. The van der Waals surface area contributed by atoms with Crippen molar-refractivity contribution in [2.24, 2.45) is 0 Å². The Morgan fingerprint density at radius 1 is 1.38 bits per heavy atom. The second-order valence-corrected chi connectivity index (χ2v) is 3.82. The first kappa shape index (κ1) is 11.1. The predicted octanol–water partition coefficient (Wildman–Crippen LogP) is -0.722. The molecule has 2 N–H and O–H groups in total. The van der Waals surface area contributed by atoms with Gasteiger partial charge in [-0.15, -0.1) is 0 Å². The number of hydrogen-bond acceptors (Lipinski definition) is 4. The molecule has 1 saturated heterocycles. The molecule has 2 heterocycles. The Morgan fingerprint density at radius 3 is 2.88 bits per heavy atom. The van der Waals surface area contributed by atoms with Crippen molar-refractivity contribution in [2.75, 3.05) is 11.4 Å². The third-order valence-corrected chi connectivity index (χ3v) is 2.67. The predicted molar refractivity (Wildman–Crippen MR) is 60.3 cm³/mol. The highest BCUT2D eigenvalue weighted by Gasteiger charge is 2.22. The van der Waals surface area contributed by atoms with E-state index in [-0.39, 0.29) is 5.91 Å². The third-order valence-electron chi connectivity index (χ3n) is 2.67. The summed E-state index contributed by atoms with van der Waals surface area (Å²) < 4.78 is 0. The van der Waals surface area contributed by atoms with Crippen molar-refractivity contribution in [3.05, 3.63) is 18.3 Å². The lowest BCUT2D eigenvalue weighted by Gasteiger charge is -2.25. The minimum absolute atomic E-state index is 0.0447. The number of amides is 1. The van der Waals surface area contributed by atoms with E-state index in [1.165, 1.54) is 18.3 Å². The Kier molecular flexibility index (Phi) is 3.21. The van der Waals surface area contributed by atoms with Gasteiger partial charge >= 0.3 is 7.12 Å². The average Bonchev–Trinajstić information content (AvgIpc) is 2.30. The molecule has 1 aliphatic rings. The van der Waals surface area contributed by atoms with Crippen LogP contribution in [0.25, 0.3) is 0 Å². The van der Waals surface area contributed by atoms with Crippen molar-refractivity contribution in [3.63, 3.8) is 0 Å². The van der Waals surface area contributed by atoms with Crippen LogP contribution in [0, 0.1) is 0 Å². The number of nitrogens with zero attached hydrogens (tertiary/aromatic N) is 2. The third kappa shape index (κ3) is 2.23. The number of piperidine rings is 1. The number of pyridine rings is 1. The molecule has 0 spiro atoms. The van der Waals surface area contributed by atoms with E-state index in [9.17, 15) is 4.79 Å². The highest BCUT2D eigenvalue weighted by Crippen LogP contribution is 2.17. The number of anilines is 1. The van der Waals surface area contributed by atoms with E-state index in [2.05, 4.69) is 4.98 Å². The van der Waals surface area contributed by atoms with Gasteiger partial charge in [0.1, 0.15) is 5.82 Å². The van der Waals surface area contributed by atoms with Gasteiger partial charge in [0.05, 0.1) is 0 Å². The lowest BCUT2D eigenvalue weighted by atomic mass is 9.81. The Balaban J connectivity index is 2.25. The fourth-order valence-electron chi connectivity index (χ4n) is 1.79. The molecule has 0 aliphatic carbocycles. The molecule has 0 radical (unpaired) electrons. The van der Waals surface area contributed by atoms with Crippen LogP contribution in [0.4, 0.5) is 5.82 Å². The van der Waals surface area contributed by atoms with E-state index >= 15 is 0 Å². The summed E-state index contributed by atoms with van der Waals surface area (Å²) in [5.74, 6) is 0.540. The van der Waals surface area contributed by atoms with Crippen molar-refractivity contribution in [2.45, 2.75) is 19.3 Å². The molecule has 2 rings (SSSR count). The van der Waals surface area contributed by atoms with Crippen molar-refractivity contribution < 1.29 is 14.8 Å². The van der Waals surface area contributed by atoms with Gasteiger partial charge in [-0.25, -0.2) is 4.98 Å². The smallest absolute Gasteiger partial charge is 0.423 e. The van der Waals surface area contributed by atoms with Gasteiger partial charge in [-0.1, -0.05) is 0 Å². The SMILES string of the molecule is O=C1CCCCN1c1cc(B(O)O)ccn1. The zero-order valence-electron chi connectivity index (χ0n) is 8.83. The van der Waals surface area contributed by atoms with E-state index in [1.807, 2.05) is 0 Å². The van der Waals surface area contributed by atoms with Crippen LogP contribution in [0.3, 0.4) is 0 Å². The molecule has 0 aromatic carbocycles. The molecule has 6 heteroatoms. The molecule has 1 aromatic heterocycles. The van der Waals surface area contributed by atoms with Crippen molar-refractivity contribution in [1.29, 1.82) is 0 Å². The van der Waals surface area contributed by atoms with E-state index in [4.69, 9.17) is 10.0 Å². The molecule has 0 saturated carbocycles. The maximum absolute atomic E-state index is 11.6. The van der Waals surface area contributed by atoms with E-state index in [1.54, 1.807) is 4.90 Å². The second-order valence-electron chi connectivity index (χ2n) is 3.82. The van der Waals surface area contributed by atoms with Gasteiger partial charge in [-0.2, -0.15) is 0 Å². The van der Waals surface area contributed by atoms with Crippen molar-refractivity contribution in [3.8, 4) is 0 Å². The molecule has 0 bridgehead atoms. The topological polar surface area (TPSA) is 73.7 Å². The van der Waals surface area contributed by atoms with E-state index in [0.717, 1.165) is 12.8 Å². The lowest BCUT2D eigenvalue weighted by Crippen LogP contribution is -2.37. The molecule has 0 unspecified atom stereocenters. The van der Waals surface area contributed by atoms with E-state index in [0.29, 0.717) is 24.2 Å². The second kappa shape index (κ2) is 4.63. The number of rotatable bonds is 2. The van der Waals surface area contributed by atoms with E-state index < -0.39 is 7.12 Å². The van der Waals surface area contributed by atoms with Crippen LogP contribution in [0.1, 0.15) is 19.3 Å². The molecule has 84 valence electrons. The molecular weight excluding hydrogens is 207 g/mol. The summed E-state index contributed by atoms with van der Waals surface area (Å²) in [7, 11) is -1.53. The molecule has 1 aliphatic heterocycles. The summed E-state index contributed by atoms with van der Waals surface area (Å²) in [6, 6.07) is 3.05. The summed E-state index contributed by atoms with van der Waals surface area (Å²) in [5.41, 5.74) is 0.350. The summed E-state index contributed by atoms with van der Waals surface area (Å²) in [6.07, 6.45) is 3.89. The van der Waals surface area contributed by atoms with Gasteiger partial charge in [0.25, 0.3) is 0 Å². The Hall–Kier alpha value is -1.40. The summed E-state index contributed by atoms with van der Waals surface area (Å²) >= 11 is 0. The Morgan fingerprint density at radius 2 is 2.19 bits per heavy atom. The Labute approximate surface area is 93.9 Å². The maximum Gasteiger partial charge on any atom is 0.488 e. The zero-order chi connectivity index (χ0) is 11.5. The van der Waals surface area contributed by atoms with Gasteiger partial charge in [-0.3, -0.25) is 9.69 Å². The zero-order valence-corrected chi connectivity index (χ0v) is 8.83. The maximum atomic E-state index is 11.6. The first-order chi connectivity index (χ1) is 7.68. The van der Waals surface area contributed by atoms with Gasteiger partial charge in [0, 0.05) is 19.2 Å². The monoisotopic (exact) mass is 220 g/mol. The highest BCUT2D eigenvalue weighted by molar-refractivity contribution is 6.58. The molecule has 16 heavy (non-hydrogen) atoms. The highest BCUT2D eigenvalue weighted by atomic mass is 16.4. The fraction of sp³-hybridized carbons (Fsp3) is 0.400. The average molecular weight is 220 g/mol. The van der Waals surface area contributed by atoms with Crippen LogP contribution in [0.5, 0.6) is 0 Å². The van der Waals surface area contributed by atoms with Crippen molar-refractivity contribution >= 4 is 24.3 Å². The van der Waals surface area contributed by atoms with Crippen LogP contribution in [0.15, 0.2) is 18.3 Å². The van der Waals surface area contributed by atoms with Crippen LogP contribution in [-0.2, 0) is 4.79 Å². The minimum atomic E-state index is -1.53. The minimum Gasteiger partial charge on any atom is -0.423 e. The van der Waals surface area contributed by atoms with Gasteiger partial charge in [0.15, 0.2) is 0 Å². The molecular formula is C10H13BN2O3. The lowest BCUT2D eigenvalue weighted by molar-refractivity contribution is -0.119. The van der Waals surface area contributed by atoms with Crippen molar-refractivity contribution in [1.82, 2.24) is 4.98 Å². The number of hydrogen-bond donors (Lipinski definition) is 2. The quantitative estimate of drug-likeness (QED) is 0.645. The molecule has 0 atom stereocenters. The summed E-state index contributed by atoms with van der Waals surface area (Å²) in [6.45, 7) is 0.650. The molecule has 1 amide bonds.